The summed E-state index contributed by atoms with van der Waals surface area (Å²) in [6.07, 6.45) is 6.49. The van der Waals surface area contributed by atoms with Gasteiger partial charge in [0, 0.05) is 19.5 Å². The van der Waals surface area contributed by atoms with E-state index >= 15 is 0 Å². The van der Waals surface area contributed by atoms with Crippen LogP contribution in [0.5, 0.6) is 5.75 Å². The van der Waals surface area contributed by atoms with Crippen LogP contribution in [0.2, 0.25) is 0 Å². The van der Waals surface area contributed by atoms with Crippen LogP contribution in [0, 0.1) is 0 Å². The molecule has 0 aliphatic heterocycles. The molecular weight excluding hydrogens is 374 g/mol. The lowest BCUT2D eigenvalue weighted by atomic mass is 10.1. The Balaban J connectivity index is 1.61. The van der Waals surface area contributed by atoms with Gasteiger partial charge in [0.1, 0.15) is 11.6 Å². The maximum Gasteiger partial charge on any atom is 0.243 e. The summed E-state index contributed by atoms with van der Waals surface area (Å²) < 4.78 is 8.31. The van der Waals surface area contributed by atoms with Gasteiger partial charge in [-0.1, -0.05) is 43.0 Å². The average molecular weight is 404 g/mol. The third-order valence-corrected chi connectivity index (χ3v) is 4.92. The molecule has 0 aliphatic carbocycles. The number of aryl methyl sites for hydroxylation is 2. The molecule has 0 unspecified atom stereocenters. The van der Waals surface area contributed by atoms with E-state index in [1.165, 1.54) is 6.08 Å². The molecular formula is C25H29N3O2. The predicted octanol–water partition coefficient (Wildman–Crippen LogP) is 4.47. The van der Waals surface area contributed by atoms with Crippen molar-refractivity contribution in [2.45, 2.75) is 32.2 Å². The van der Waals surface area contributed by atoms with E-state index in [1.54, 1.807) is 0 Å². The summed E-state index contributed by atoms with van der Waals surface area (Å²) in [5, 5.41) is 2.82. The number of hydrogen-bond acceptors (Lipinski definition) is 3. The Hall–Kier alpha value is -3.34. The van der Waals surface area contributed by atoms with Crippen molar-refractivity contribution in [1.29, 1.82) is 0 Å². The summed E-state index contributed by atoms with van der Waals surface area (Å²) in [4.78, 5) is 16.1. The van der Waals surface area contributed by atoms with Crippen LogP contribution in [-0.4, -0.2) is 28.6 Å². The number of carbonyl (C=O) groups excluding carboxylic acids is 1. The lowest BCUT2D eigenvalue weighted by Gasteiger charge is -2.12. The molecule has 1 heterocycles. The smallest absolute Gasteiger partial charge is 0.243 e. The lowest BCUT2D eigenvalue weighted by molar-refractivity contribution is -0.116. The maximum absolute atomic E-state index is 11.3. The molecule has 156 valence electrons. The third kappa shape index (κ3) is 5.60. The number of nitrogens with one attached hydrogen (secondary N) is 1. The number of allylic oxidation sites excluding steroid dienone is 1. The van der Waals surface area contributed by atoms with Crippen molar-refractivity contribution < 1.29 is 9.53 Å². The van der Waals surface area contributed by atoms with E-state index in [-0.39, 0.29) is 5.91 Å². The number of hydrogen-bond donors (Lipinski definition) is 1. The van der Waals surface area contributed by atoms with E-state index in [1.807, 2.05) is 42.5 Å². The number of imidazole rings is 1. The Morgan fingerprint density at radius 2 is 1.90 bits per heavy atom. The molecule has 0 atom stereocenters. The summed E-state index contributed by atoms with van der Waals surface area (Å²) in [5.41, 5.74) is 3.29. The van der Waals surface area contributed by atoms with E-state index < -0.39 is 0 Å². The van der Waals surface area contributed by atoms with Gasteiger partial charge < -0.3 is 14.6 Å². The van der Waals surface area contributed by atoms with Gasteiger partial charge in [0.2, 0.25) is 5.91 Å². The van der Waals surface area contributed by atoms with Gasteiger partial charge in [-0.2, -0.15) is 0 Å². The van der Waals surface area contributed by atoms with Crippen LogP contribution in [0.25, 0.3) is 11.0 Å². The largest absolute Gasteiger partial charge is 0.493 e. The number of aromatic nitrogens is 2. The van der Waals surface area contributed by atoms with E-state index in [0.717, 1.165) is 60.4 Å². The van der Waals surface area contributed by atoms with Gasteiger partial charge in [-0.3, -0.25) is 4.79 Å². The fourth-order valence-corrected chi connectivity index (χ4v) is 3.47. The topological polar surface area (TPSA) is 56.1 Å². The third-order valence-electron chi connectivity index (χ3n) is 4.92. The van der Waals surface area contributed by atoms with Crippen molar-refractivity contribution in [2.24, 2.45) is 0 Å². The fraction of sp³-hybridized carbons (Fsp3) is 0.280. The summed E-state index contributed by atoms with van der Waals surface area (Å²) >= 11 is 0. The SMILES string of the molecule is C=CCc1ccccc1OCCCn1c(CCCNC(=O)C=C)nc2ccccc21. The summed E-state index contributed by atoms with van der Waals surface area (Å²) in [7, 11) is 0. The van der Waals surface area contributed by atoms with Crippen LogP contribution in [-0.2, 0) is 24.2 Å². The van der Waals surface area contributed by atoms with Crippen molar-refractivity contribution in [3.63, 3.8) is 0 Å². The summed E-state index contributed by atoms with van der Waals surface area (Å²) in [5.74, 6) is 1.82. The molecule has 1 amide bonds. The Labute approximate surface area is 178 Å². The van der Waals surface area contributed by atoms with E-state index in [4.69, 9.17) is 9.72 Å². The highest BCUT2D eigenvalue weighted by Gasteiger charge is 2.10. The number of rotatable bonds is 12. The Morgan fingerprint density at radius 3 is 2.73 bits per heavy atom. The second-order valence-corrected chi connectivity index (χ2v) is 7.07. The van der Waals surface area contributed by atoms with Crippen LogP contribution in [0.1, 0.15) is 24.2 Å². The normalized spacial score (nSPS) is 10.7. The molecule has 3 aromatic rings. The first-order chi connectivity index (χ1) is 14.7. The van der Waals surface area contributed by atoms with Gasteiger partial charge in [0.25, 0.3) is 0 Å². The molecule has 1 N–H and O–H groups in total. The zero-order valence-electron chi connectivity index (χ0n) is 17.3. The van der Waals surface area contributed by atoms with Crippen LogP contribution < -0.4 is 10.1 Å². The standard InChI is InChI=1S/C25H29N3O2/c1-3-11-20-12-5-8-15-23(20)30-19-10-18-28-22-14-7-6-13-21(22)27-24(28)16-9-17-26-25(29)4-2/h3-8,12-15H,1-2,9-11,16-19H2,(H,26,29). The highest BCUT2D eigenvalue weighted by molar-refractivity contribution is 5.86. The molecule has 3 rings (SSSR count). The molecule has 0 aliphatic rings. The first kappa shape index (κ1) is 21.4. The van der Waals surface area contributed by atoms with E-state index in [9.17, 15) is 4.79 Å². The van der Waals surface area contributed by atoms with Crippen LogP contribution in [0.4, 0.5) is 0 Å². The first-order valence-electron chi connectivity index (χ1n) is 10.4. The second kappa shape index (κ2) is 11.0. The summed E-state index contributed by atoms with van der Waals surface area (Å²) in [6, 6.07) is 16.3. The van der Waals surface area contributed by atoms with Crippen LogP contribution in [0.15, 0.2) is 73.8 Å². The predicted molar refractivity (Wildman–Crippen MR) is 122 cm³/mol. The maximum atomic E-state index is 11.3. The van der Waals surface area contributed by atoms with Crippen molar-refractivity contribution in [3.8, 4) is 5.75 Å². The van der Waals surface area contributed by atoms with Crippen molar-refractivity contribution in [3.05, 3.63) is 85.2 Å². The Bertz CT molecular complexity index is 1010. The van der Waals surface area contributed by atoms with Crippen LogP contribution in [0.3, 0.4) is 0 Å². The minimum absolute atomic E-state index is 0.141. The monoisotopic (exact) mass is 403 g/mol. The number of amides is 1. The van der Waals surface area contributed by atoms with Crippen molar-refractivity contribution in [2.75, 3.05) is 13.2 Å². The Morgan fingerprint density at radius 1 is 1.10 bits per heavy atom. The molecule has 0 bridgehead atoms. The zero-order chi connectivity index (χ0) is 21.2. The number of benzene rings is 2. The number of nitrogens with zero attached hydrogens (tertiary/aromatic N) is 2. The molecule has 1 aromatic heterocycles. The fourth-order valence-electron chi connectivity index (χ4n) is 3.47. The molecule has 0 radical (unpaired) electrons. The van der Waals surface area contributed by atoms with Gasteiger partial charge in [-0.15, -0.1) is 6.58 Å². The van der Waals surface area contributed by atoms with Crippen LogP contribution >= 0.6 is 0 Å². The Kier molecular flexibility index (Phi) is 7.84. The van der Waals surface area contributed by atoms with Crippen molar-refractivity contribution in [1.82, 2.24) is 14.9 Å². The zero-order valence-corrected chi connectivity index (χ0v) is 17.3. The van der Waals surface area contributed by atoms with Gasteiger partial charge in [-0.25, -0.2) is 4.98 Å². The number of para-hydroxylation sites is 3. The van der Waals surface area contributed by atoms with Gasteiger partial charge in [-0.05, 0) is 49.1 Å². The highest BCUT2D eigenvalue weighted by atomic mass is 16.5. The highest BCUT2D eigenvalue weighted by Crippen LogP contribution is 2.20. The molecule has 5 nitrogen and oxygen atoms in total. The molecule has 30 heavy (non-hydrogen) atoms. The van der Waals surface area contributed by atoms with Gasteiger partial charge in [0.15, 0.2) is 0 Å². The minimum atomic E-state index is -0.141. The number of fused-ring (bicyclic) bond motifs is 1. The lowest BCUT2D eigenvalue weighted by Crippen LogP contribution is -2.22. The molecule has 0 saturated heterocycles. The average Bonchev–Trinajstić information content (AvgIpc) is 3.12. The molecule has 2 aromatic carbocycles. The van der Waals surface area contributed by atoms with E-state index in [0.29, 0.717) is 13.2 Å². The quantitative estimate of drug-likeness (QED) is 0.276. The molecule has 0 spiro atoms. The van der Waals surface area contributed by atoms with Crippen molar-refractivity contribution >= 4 is 16.9 Å². The molecule has 0 saturated carbocycles. The second-order valence-electron chi connectivity index (χ2n) is 7.07. The molecule has 5 heteroatoms. The van der Waals surface area contributed by atoms with E-state index in [2.05, 4.69) is 35.2 Å². The number of carbonyl (C=O) groups is 1. The summed E-state index contributed by atoms with van der Waals surface area (Å²) in [6.45, 7) is 9.37. The first-order valence-corrected chi connectivity index (χ1v) is 10.4. The van der Waals surface area contributed by atoms with Gasteiger partial charge >= 0.3 is 0 Å². The minimum Gasteiger partial charge on any atom is -0.493 e. The number of ether oxygens (including phenoxy) is 1. The molecule has 0 fully saturated rings. The van der Waals surface area contributed by atoms with Gasteiger partial charge in [0.05, 0.1) is 17.6 Å².